The van der Waals surface area contributed by atoms with Crippen LogP contribution in [0.4, 0.5) is 5.69 Å². The molecule has 1 aromatic carbocycles. The van der Waals surface area contributed by atoms with Gasteiger partial charge in [0.05, 0.1) is 5.69 Å². The van der Waals surface area contributed by atoms with Crippen molar-refractivity contribution in [2.45, 2.75) is 46.1 Å². The van der Waals surface area contributed by atoms with Crippen LogP contribution in [0.5, 0.6) is 0 Å². The van der Waals surface area contributed by atoms with Gasteiger partial charge in [0, 0.05) is 24.1 Å². The third-order valence-electron chi connectivity index (χ3n) is 3.49. The Hall–Kier alpha value is -0.540. The minimum Gasteiger partial charge on any atom is -0.374 e. The highest BCUT2D eigenvalue weighted by atomic mass is 79.9. The molecule has 1 unspecified atom stereocenters. The highest BCUT2D eigenvalue weighted by Gasteiger charge is 2.09. The zero-order valence-electron chi connectivity index (χ0n) is 12.7. The number of halogens is 1. The van der Waals surface area contributed by atoms with Crippen LogP contribution in [0.25, 0.3) is 0 Å². The normalized spacial score (nSPS) is 12.5. The van der Waals surface area contributed by atoms with Gasteiger partial charge in [0.15, 0.2) is 0 Å². The average molecular weight is 327 g/mol. The van der Waals surface area contributed by atoms with Crippen LogP contribution >= 0.6 is 15.9 Å². The van der Waals surface area contributed by atoms with Gasteiger partial charge >= 0.3 is 0 Å². The lowest BCUT2D eigenvalue weighted by molar-refractivity contribution is 0.598. The fraction of sp³-hybridized carbons (Fsp3) is 0.625. The minimum atomic E-state index is 0.403. The second kappa shape index (κ2) is 8.60. The maximum atomic E-state index is 3.71. The molecule has 0 radical (unpaired) electrons. The molecule has 1 N–H and O–H groups in total. The van der Waals surface area contributed by atoms with Gasteiger partial charge in [-0.05, 0) is 53.5 Å². The number of nitrogens with zero attached hydrogens (tertiary/aromatic N) is 1. The van der Waals surface area contributed by atoms with E-state index in [1.165, 1.54) is 35.0 Å². The molecule has 0 heterocycles. The van der Waals surface area contributed by atoms with Crippen molar-refractivity contribution in [3.8, 4) is 0 Å². The predicted molar refractivity (Wildman–Crippen MR) is 89.0 cm³/mol. The summed E-state index contributed by atoms with van der Waals surface area (Å²) >= 11 is 3.71. The minimum absolute atomic E-state index is 0.403. The average Bonchev–Trinajstić information content (AvgIpc) is 2.39. The second-order valence-corrected chi connectivity index (χ2v) is 5.97. The Morgan fingerprint density at radius 2 is 2.00 bits per heavy atom. The van der Waals surface area contributed by atoms with Crippen LogP contribution in [0, 0.1) is 0 Å². The lowest BCUT2D eigenvalue weighted by Gasteiger charge is -2.22. The summed E-state index contributed by atoms with van der Waals surface area (Å²) in [5, 5.41) is 3.45. The molecule has 0 saturated carbocycles. The van der Waals surface area contributed by atoms with Crippen molar-refractivity contribution >= 4 is 21.6 Å². The predicted octanol–water partition coefficient (Wildman–Crippen LogP) is 4.75. The van der Waals surface area contributed by atoms with E-state index < -0.39 is 0 Å². The van der Waals surface area contributed by atoms with Gasteiger partial charge in [0.2, 0.25) is 0 Å². The molecule has 19 heavy (non-hydrogen) atoms. The fourth-order valence-corrected chi connectivity index (χ4v) is 2.94. The van der Waals surface area contributed by atoms with E-state index in [1.54, 1.807) is 0 Å². The van der Waals surface area contributed by atoms with Crippen molar-refractivity contribution in [1.82, 2.24) is 5.32 Å². The van der Waals surface area contributed by atoms with Crippen LogP contribution in [0.3, 0.4) is 0 Å². The lowest BCUT2D eigenvalue weighted by atomic mass is 10.1. The summed E-state index contributed by atoms with van der Waals surface area (Å²) in [5.41, 5.74) is 2.61. The Morgan fingerprint density at radius 3 is 2.58 bits per heavy atom. The van der Waals surface area contributed by atoms with E-state index in [0.29, 0.717) is 6.04 Å². The van der Waals surface area contributed by atoms with Crippen molar-refractivity contribution in [3.05, 3.63) is 28.2 Å². The molecular formula is C16H27BrN2. The highest BCUT2D eigenvalue weighted by Crippen LogP contribution is 2.29. The molecule has 0 fully saturated rings. The van der Waals surface area contributed by atoms with E-state index in [9.17, 15) is 0 Å². The summed E-state index contributed by atoms with van der Waals surface area (Å²) in [7, 11) is 2.17. The van der Waals surface area contributed by atoms with Crippen molar-refractivity contribution in [2.75, 3.05) is 25.0 Å². The Morgan fingerprint density at radius 1 is 1.26 bits per heavy atom. The van der Waals surface area contributed by atoms with E-state index in [0.717, 1.165) is 13.1 Å². The van der Waals surface area contributed by atoms with Crippen LogP contribution in [-0.4, -0.2) is 20.1 Å². The topological polar surface area (TPSA) is 15.3 Å². The second-order valence-electron chi connectivity index (χ2n) is 5.12. The highest BCUT2D eigenvalue weighted by molar-refractivity contribution is 9.10. The summed E-state index contributed by atoms with van der Waals surface area (Å²) in [4.78, 5) is 2.33. The van der Waals surface area contributed by atoms with Crippen molar-refractivity contribution in [3.63, 3.8) is 0 Å². The van der Waals surface area contributed by atoms with E-state index >= 15 is 0 Å². The quantitative estimate of drug-likeness (QED) is 0.694. The van der Waals surface area contributed by atoms with E-state index in [-0.39, 0.29) is 0 Å². The van der Waals surface area contributed by atoms with Gasteiger partial charge in [-0.2, -0.15) is 0 Å². The molecule has 3 heteroatoms. The van der Waals surface area contributed by atoms with Gasteiger partial charge in [-0.1, -0.05) is 32.8 Å². The van der Waals surface area contributed by atoms with Crippen LogP contribution < -0.4 is 10.2 Å². The van der Waals surface area contributed by atoms with E-state index in [4.69, 9.17) is 0 Å². The first-order valence-electron chi connectivity index (χ1n) is 7.34. The van der Waals surface area contributed by atoms with Crippen LogP contribution in [-0.2, 0) is 0 Å². The zero-order valence-corrected chi connectivity index (χ0v) is 14.3. The molecule has 0 spiro atoms. The fourth-order valence-electron chi connectivity index (χ4n) is 2.25. The largest absolute Gasteiger partial charge is 0.374 e. The number of benzene rings is 1. The van der Waals surface area contributed by atoms with Gasteiger partial charge in [-0.25, -0.2) is 0 Å². The molecule has 1 atom stereocenters. The first-order valence-corrected chi connectivity index (χ1v) is 8.13. The van der Waals surface area contributed by atoms with E-state index in [1.807, 2.05) is 0 Å². The summed E-state index contributed by atoms with van der Waals surface area (Å²) in [6.07, 6.45) is 3.83. The lowest BCUT2D eigenvalue weighted by Crippen LogP contribution is -2.20. The molecule has 0 aliphatic heterocycles. The monoisotopic (exact) mass is 326 g/mol. The Kier molecular flexibility index (Phi) is 7.47. The molecular weight excluding hydrogens is 300 g/mol. The summed E-state index contributed by atoms with van der Waals surface area (Å²) in [6, 6.07) is 7.09. The molecule has 1 rings (SSSR count). The number of hydrogen-bond acceptors (Lipinski definition) is 2. The third kappa shape index (κ3) is 5.15. The maximum absolute atomic E-state index is 3.71. The standard InChI is InChI=1S/C16H27BrN2/c1-5-7-8-11-19(4)16-10-9-14(12-15(16)17)13(3)18-6-2/h9-10,12-13,18H,5-8,11H2,1-4H3. The molecule has 0 aromatic heterocycles. The summed E-state index contributed by atoms with van der Waals surface area (Å²) in [5.74, 6) is 0. The van der Waals surface area contributed by atoms with Crippen molar-refractivity contribution < 1.29 is 0 Å². The molecule has 1 aromatic rings. The number of nitrogens with one attached hydrogen (secondary N) is 1. The van der Waals surface area contributed by atoms with Gasteiger partial charge in [0.1, 0.15) is 0 Å². The van der Waals surface area contributed by atoms with Crippen LogP contribution in [0.2, 0.25) is 0 Å². The molecule has 2 nitrogen and oxygen atoms in total. The summed E-state index contributed by atoms with van der Waals surface area (Å²) < 4.78 is 1.19. The third-order valence-corrected chi connectivity index (χ3v) is 4.13. The number of hydrogen-bond donors (Lipinski definition) is 1. The molecule has 0 amide bonds. The zero-order chi connectivity index (χ0) is 14.3. The van der Waals surface area contributed by atoms with E-state index in [2.05, 4.69) is 72.2 Å². The molecule has 0 aliphatic carbocycles. The van der Waals surface area contributed by atoms with Crippen LogP contribution in [0.15, 0.2) is 22.7 Å². The Labute approximate surface area is 126 Å². The van der Waals surface area contributed by atoms with Gasteiger partial charge in [-0.15, -0.1) is 0 Å². The molecule has 0 bridgehead atoms. The van der Waals surface area contributed by atoms with Crippen molar-refractivity contribution in [1.29, 1.82) is 0 Å². The first kappa shape index (κ1) is 16.5. The SMILES string of the molecule is CCCCCN(C)c1ccc(C(C)NCC)cc1Br. The number of rotatable bonds is 8. The number of unbranched alkanes of at least 4 members (excludes halogenated alkanes) is 2. The van der Waals surface area contributed by atoms with Crippen molar-refractivity contribution in [2.24, 2.45) is 0 Å². The van der Waals surface area contributed by atoms with Gasteiger partial charge in [-0.3, -0.25) is 0 Å². The molecule has 108 valence electrons. The number of anilines is 1. The first-order chi connectivity index (χ1) is 9.10. The Bertz CT molecular complexity index is 379. The summed E-state index contributed by atoms with van der Waals surface area (Å²) in [6.45, 7) is 8.70. The van der Waals surface area contributed by atoms with Crippen LogP contribution in [0.1, 0.15) is 51.6 Å². The van der Waals surface area contributed by atoms with Gasteiger partial charge in [0.25, 0.3) is 0 Å². The smallest absolute Gasteiger partial charge is 0.0508 e. The van der Waals surface area contributed by atoms with Gasteiger partial charge < -0.3 is 10.2 Å². The molecule has 0 aliphatic rings. The molecule has 0 saturated heterocycles. The maximum Gasteiger partial charge on any atom is 0.0508 e. The Balaban J connectivity index is 2.70.